The van der Waals surface area contributed by atoms with Crippen molar-refractivity contribution in [2.45, 2.75) is 6.42 Å². The largest absolute Gasteiger partial charge is 0.439 e. The summed E-state index contributed by atoms with van der Waals surface area (Å²) in [7, 11) is 0. The van der Waals surface area contributed by atoms with Gasteiger partial charge < -0.3 is 21.1 Å². The first-order valence-electron chi connectivity index (χ1n) is 7.71. The molecule has 1 aliphatic heterocycles. The van der Waals surface area contributed by atoms with Crippen molar-refractivity contribution in [2.75, 3.05) is 30.7 Å². The number of hydrogen-bond donors (Lipinski definition) is 4. The van der Waals surface area contributed by atoms with Gasteiger partial charge in [0.05, 0.1) is 0 Å². The summed E-state index contributed by atoms with van der Waals surface area (Å²) in [4.78, 5) is 8.18. The number of halogens is 1. The predicted octanol–water partition coefficient (Wildman–Crippen LogP) is 2.14. The number of ether oxygens (including phenoxy) is 1. The Hall–Kier alpha value is -2.38. The number of benzene rings is 1. The standard InChI is InChI=1S/C16H19ClN6O/c17-11-2-1-3-12(6-11)24-15(19)13-14(18)22-9-23-16(13)21-8-10-4-5-20-7-10/h1-3,6,9-10,19-20H,4-5,7-8H2,(H3,18,21,22,23). The first-order chi connectivity index (χ1) is 11.6. The molecule has 0 aliphatic carbocycles. The van der Waals surface area contributed by atoms with E-state index in [9.17, 15) is 0 Å². The second-order valence-corrected chi connectivity index (χ2v) is 6.05. The highest BCUT2D eigenvalue weighted by Crippen LogP contribution is 2.23. The van der Waals surface area contributed by atoms with Crippen molar-refractivity contribution in [3.8, 4) is 5.75 Å². The van der Waals surface area contributed by atoms with Gasteiger partial charge in [0, 0.05) is 11.6 Å². The predicted molar refractivity (Wildman–Crippen MR) is 94.8 cm³/mol. The van der Waals surface area contributed by atoms with Crippen LogP contribution >= 0.6 is 11.6 Å². The summed E-state index contributed by atoms with van der Waals surface area (Å²) in [6.07, 6.45) is 2.49. The van der Waals surface area contributed by atoms with Crippen LogP contribution in [-0.4, -0.2) is 35.5 Å². The maximum Gasteiger partial charge on any atom is 0.226 e. The number of nitrogen functional groups attached to an aromatic ring is 1. The van der Waals surface area contributed by atoms with E-state index in [1.54, 1.807) is 24.3 Å². The fraction of sp³-hybridized carbons (Fsp3) is 0.312. The van der Waals surface area contributed by atoms with Crippen LogP contribution in [0.5, 0.6) is 5.75 Å². The number of anilines is 2. The van der Waals surface area contributed by atoms with Gasteiger partial charge in [0.15, 0.2) is 0 Å². The van der Waals surface area contributed by atoms with Crippen LogP contribution in [0.15, 0.2) is 30.6 Å². The third kappa shape index (κ3) is 3.93. The van der Waals surface area contributed by atoms with E-state index < -0.39 is 0 Å². The average molecular weight is 347 g/mol. The van der Waals surface area contributed by atoms with Crippen LogP contribution in [0.1, 0.15) is 12.0 Å². The van der Waals surface area contributed by atoms with Gasteiger partial charge >= 0.3 is 0 Å². The molecule has 0 amide bonds. The van der Waals surface area contributed by atoms with Crippen LogP contribution in [-0.2, 0) is 0 Å². The molecule has 126 valence electrons. The number of nitrogens with one attached hydrogen (secondary N) is 3. The summed E-state index contributed by atoms with van der Waals surface area (Å²) in [5.74, 6) is 1.56. The lowest BCUT2D eigenvalue weighted by Gasteiger charge is -2.15. The Morgan fingerprint density at radius 3 is 3.08 bits per heavy atom. The average Bonchev–Trinajstić information content (AvgIpc) is 3.06. The number of nitrogens with zero attached hydrogens (tertiary/aromatic N) is 2. The van der Waals surface area contributed by atoms with Crippen LogP contribution in [0, 0.1) is 11.3 Å². The molecule has 0 bridgehead atoms. The minimum Gasteiger partial charge on any atom is -0.439 e. The summed E-state index contributed by atoms with van der Waals surface area (Å²) >= 11 is 5.94. The Balaban J connectivity index is 1.76. The zero-order valence-corrected chi connectivity index (χ0v) is 13.8. The van der Waals surface area contributed by atoms with Gasteiger partial charge in [0.2, 0.25) is 5.90 Å². The van der Waals surface area contributed by atoms with E-state index in [2.05, 4.69) is 20.6 Å². The van der Waals surface area contributed by atoms with E-state index in [-0.39, 0.29) is 11.7 Å². The van der Waals surface area contributed by atoms with E-state index >= 15 is 0 Å². The summed E-state index contributed by atoms with van der Waals surface area (Å²) < 4.78 is 5.56. The molecule has 1 saturated heterocycles. The zero-order chi connectivity index (χ0) is 16.9. The third-order valence-electron chi connectivity index (χ3n) is 3.84. The van der Waals surface area contributed by atoms with Gasteiger partial charge in [-0.3, -0.25) is 5.41 Å². The lowest BCUT2D eigenvalue weighted by atomic mass is 10.1. The van der Waals surface area contributed by atoms with Gasteiger partial charge in [0.25, 0.3) is 0 Å². The van der Waals surface area contributed by atoms with Crippen molar-refractivity contribution in [2.24, 2.45) is 5.92 Å². The Kier molecular flexibility index (Phi) is 5.12. The first kappa shape index (κ1) is 16.5. The summed E-state index contributed by atoms with van der Waals surface area (Å²) in [6, 6.07) is 6.84. The molecule has 1 fully saturated rings. The number of nitrogens with two attached hydrogens (primary N) is 1. The lowest BCUT2D eigenvalue weighted by Crippen LogP contribution is -2.21. The topological polar surface area (TPSA) is 109 Å². The Morgan fingerprint density at radius 1 is 1.46 bits per heavy atom. The van der Waals surface area contributed by atoms with Gasteiger partial charge in [-0.05, 0) is 43.6 Å². The summed E-state index contributed by atoms with van der Waals surface area (Å²) in [6.45, 7) is 2.75. The minimum absolute atomic E-state index is 0.123. The quantitative estimate of drug-likeness (QED) is 0.488. The highest BCUT2D eigenvalue weighted by molar-refractivity contribution is 6.30. The fourth-order valence-electron chi connectivity index (χ4n) is 2.59. The van der Waals surface area contributed by atoms with E-state index in [1.807, 2.05) is 0 Å². The van der Waals surface area contributed by atoms with Gasteiger partial charge in [-0.2, -0.15) is 0 Å². The van der Waals surface area contributed by atoms with Crippen LogP contribution in [0.4, 0.5) is 11.6 Å². The van der Waals surface area contributed by atoms with Crippen molar-refractivity contribution < 1.29 is 4.74 Å². The van der Waals surface area contributed by atoms with E-state index in [4.69, 9.17) is 27.5 Å². The van der Waals surface area contributed by atoms with Gasteiger partial charge in [-0.15, -0.1) is 0 Å². The molecule has 3 rings (SSSR count). The van der Waals surface area contributed by atoms with E-state index in [0.29, 0.717) is 28.1 Å². The monoisotopic (exact) mass is 346 g/mol. The number of aromatic nitrogens is 2. The molecule has 7 nitrogen and oxygen atoms in total. The van der Waals surface area contributed by atoms with Crippen molar-refractivity contribution >= 4 is 29.1 Å². The molecular formula is C16H19ClN6O. The van der Waals surface area contributed by atoms with Crippen molar-refractivity contribution in [1.29, 1.82) is 5.41 Å². The molecule has 24 heavy (non-hydrogen) atoms. The maximum atomic E-state index is 8.23. The molecule has 0 saturated carbocycles. The molecule has 1 aliphatic rings. The van der Waals surface area contributed by atoms with Crippen molar-refractivity contribution in [3.63, 3.8) is 0 Å². The SMILES string of the molecule is N=C(Oc1cccc(Cl)c1)c1c(N)ncnc1NCC1CCNC1. The molecule has 1 unspecified atom stereocenters. The maximum absolute atomic E-state index is 8.23. The zero-order valence-electron chi connectivity index (χ0n) is 13.1. The molecular weight excluding hydrogens is 328 g/mol. The van der Waals surface area contributed by atoms with Gasteiger partial charge in [-0.25, -0.2) is 9.97 Å². The minimum atomic E-state index is -0.123. The Labute approximate surface area is 145 Å². The van der Waals surface area contributed by atoms with Crippen LogP contribution in [0.3, 0.4) is 0 Å². The van der Waals surface area contributed by atoms with Crippen LogP contribution in [0.25, 0.3) is 0 Å². The van der Waals surface area contributed by atoms with Gasteiger partial charge in [0.1, 0.15) is 29.3 Å². The van der Waals surface area contributed by atoms with Crippen molar-refractivity contribution in [3.05, 3.63) is 41.2 Å². The molecule has 1 aromatic carbocycles. The van der Waals surface area contributed by atoms with E-state index in [1.165, 1.54) is 6.33 Å². The smallest absolute Gasteiger partial charge is 0.226 e. The lowest BCUT2D eigenvalue weighted by molar-refractivity contribution is 0.547. The Morgan fingerprint density at radius 2 is 2.33 bits per heavy atom. The fourth-order valence-corrected chi connectivity index (χ4v) is 2.77. The molecule has 1 aromatic heterocycles. The number of rotatable bonds is 5. The molecule has 2 aromatic rings. The van der Waals surface area contributed by atoms with Crippen molar-refractivity contribution in [1.82, 2.24) is 15.3 Å². The molecule has 0 spiro atoms. The molecule has 1 atom stereocenters. The summed E-state index contributed by atoms with van der Waals surface area (Å²) in [5.41, 5.74) is 6.29. The second-order valence-electron chi connectivity index (χ2n) is 5.61. The first-order valence-corrected chi connectivity index (χ1v) is 8.08. The number of hydrogen-bond acceptors (Lipinski definition) is 7. The highest BCUT2D eigenvalue weighted by Gasteiger charge is 2.19. The molecule has 2 heterocycles. The third-order valence-corrected chi connectivity index (χ3v) is 4.08. The van der Waals surface area contributed by atoms with Crippen LogP contribution < -0.4 is 21.1 Å². The highest BCUT2D eigenvalue weighted by atomic mass is 35.5. The normalized spacial score (nSPS) is 16.8. The molecule has 5 N–H and O–H groups in total. The second kappa shape index (κ2) is 7.46. The van der Waals surface area contributed by atoms with Gasteiger partial charge in [-0.1, -0.05) is 17.7 Å². The van der Waals surface area contributed by atoms with Crippen LogP contribution in [0.2, 0.25) is 5.02 Å². The Bertz CT molecular complexity index is 732. The van der Waals surface area contributed by atoms with E-state index in [0.717, 1.165) is 26.1 Å². The summed E-state index contributed by atoms with van der Waals surface area (Å²) in [5, 5.41) is 15.3. The molecule has 0 radical (unpaired) electrons. The molecule has 8 heteroatoms.